The van der Waals surface area contributed by atoms with Crippen LogP contribution >= 0.6 is 0 Å². The molecule has 1 aromatic heterocycles. The Labute approximate surface area is 102 Å². The number of pyridine rings is 1. The lowest BCUT2D eigenvalue weighted by molar-refractivity contribution is 0.0761. The highest BCUT2D eigenvalue weighted by atomic mass is 16.5. The van der Waals surface area contributed by atoms with E-state index in [1.54, 1.807) is 7.11 Å². The number of ether oxygens (including phenoxy) is 2. The van der Waals surface area contributed by atoms with Crippen molar-refractivity contribution in [3.05, 3.63) is 23.9 Å². The van der Waals surface area contributed by atoms with Gasteiger partial charge in [-0.3, -0.25) is 0 Å². The normalized spacial score (nSPS) is 20.2. The number of methoxy groups -OCH3 is 1. The lowest BCUT2D eigenvalue weighted by atomic mass is 10.0. The van der Waals surface area contributed by atoms with Crippen molar-refractivity contribution in [1.82, 2.24) is 10.3 Å². The molecule has 0 spiro atoms. The van der Waals surface area contributed by atoms with Gasteiger partial charge in [0.15, 0.2) is 0 Å². The number of piperidine rings is 1. The van der Waals surface area contributed by atoms with Crippen molar-refractivity contribution in [2.24, 2.45) is 5.92 Å². The Morgan fingerprint density at radius 3 is 3.18 bits per heavy atom. The van der Waals surface area contributed by atoms with Crippen LogP contribution < -0.4 is 10.1 Å². The van der Waals surface area contributed by atoms with Crippen molar-refractivity contribution in [3.63, 3.8) is 0 Å². The molecule has 0 radical (unpaired) electrons. The van der Waals surface area contributed by atoms with Crippen LogP contribution in [-0.2, 0) is 11.3 Å². The van der Waals surface area contributed by atoms with Gasteiger partial charge in [0.05, 0.1) is 26.0 Å². The molecule has 94 valence electrons. The molecule has 0 aromatic carbocycles. The van der Waals surface area contributed by atoms with Crippen LogP contribution in [0.4, 0.5) is 0 Å². The Kier molecular flexibility index (Phi) is 4.76. The molecule has 4 nitrogen and oxygen atoms in total. The highest BCUT2D eigenvalue weighted by molar-refractivity contribution is 5.14. The highest BCUT2D eigenvalue weighted by Gasteiger charge is 2.12. The van der Waals surface area contributed by atoms with Crippen LogP contribution in [0, 0.1) is 5.92 Å². The second-order valence-electron chi connectivity index (χ2n) is 4.40. The van der Waals surface area contributed by atoms with Crippen molar-refractivity contribution < 1.29 is 9.47 Å². The summed E-state index contributed by atoms with van der Waals surface area (Å²) in [4.78, 5) is 4.31. The molecule has 0 amide bonds. The maximum Gasteiger partial charge on any atom is 0.213 e. The van der Waals surface area contributed by atoms with E-state index < -0.39 is 0 Å². The monoisotopic (exact) mass is 236 g/mol. The van der Waals surface area contributed by atoms with E-state index >= 15 is 0 Å². The molecule has 1 N–H and O–H groups in total. The average Bonchev–Trinajstić information content (AvgIpc) is 2.40. The lowest BCUT2D eigenvalue weighted by Gasteiger charge is -2.22. The molecular formula is C13H20N2O2. The molecule has 1 aliphatic rings. The summed E-state index contributed by atoms with van der Waals surface area (Å²) < 4.78 is 10.8. The summed E-state index contributed by atoms with van der Waals surface area (Å²) in [6, 6.07) is 5.74. The second kappa shape index (κ2) is 6.57. The van der Waals surface area contributed by atoms with Crippen LogP contribution in [0.2, 0.25) is 0 Å². The van der Waals surface area contributed by atoms with Gasteiger partial charge in [-0.2, -0.15) is 0 Å². The fourth-order valence-electron chi connectivity index (χ4n) is 2.05. The van der Waals surface area contributed by atoms with Gasteiger partial charge in [0.25, 0.3) is 0 Å². The summed E-state index contributed by atoms with van der Waals surface area (Å²) in [5, 5.41) is 3.39. The molecule has 17 heavy (non-hydrogen) atoms. The number of nitrogens with one attached hydrogen (secondary N) is 1. The standard InChI is InChI=1S/C13H20N2O2/c1-16-13-6-2-5-12(15-13)10-17-9-11-4-3-7-14-8-11/h2,5-6,11,14H,3-4,7-10H2,1H3. The van der Waals surface area contributed by atoms with Crippen LogP contribution in [0.5, 0.6) is 5.88 Å². The van der Waals surface area contributed by atoms with E-state index in [2.05, 4.69) is 10.3 Å². The molecule has 4 heteroatoms. The summed E-state index contributed by atoms with van der Waals surface area (Å²) >= 11 is 0. The highest BCUT2D eigenvalue weighted by Crippen LogP contribution is 2.12. The Bertz CT molecular complexity index is 338. The zero-order chi connectivity index (χ0) is 11.9. The van der Waals surface area contributed by atoms with Crippen molar-refractivity contribution >= 4 is 0 Å². The van der Waals surface area contributed by atoms with Crippen LogP contribution in [0.15, 0.2) is 18.2 Å². The van der Waals surface area contributed by atoms with E-state index in [0.717, 1.165) is 25.4 Å². The van der Waals surface area contributed by atoms with Gasteiger partial charge in [0.2, 0.25) is 5.88 Å². The second-order valence-corrected chi connectivity index (χ2v) is 4.40. The maximum absolute atomic E-state index is 5.70. The van der Waals surface area contributed by atoms with Gasteiger partial charge in [0.1, 0.15) is 0 Å². The van der Waals surface area contributed by atoms with Crippen LogP contribution in [-0.4, -0.2) is 31.8 Å². The van der Waals surface area contributed by atoms with Crippen LogP contribution in [0.3, 0.4) is 0 Å². The Morgan fingerprint density at radius 1 is 1.47 bits per heavy atom. The van der Waals surface area contributed by atoms with E-state index in [9.17, 15) is 0 Å². The molecule has 0 aliphatic carbocycles. The van der Waals surface area contributed by atoms with Crippen molar-refractivity contribution in [2.45, 2.75) is 19.4 Å². The van der Waals surface area contributed by atoms with Gasteiger partial charge < -0.3 is 14.8 Å². The van der Waals surface area contributed by atoms with E-state index in [4.69, 9.17) is 9.47 Å². The Morgan fingerprint density at radius 2 is 2.41 bits per heavy atom. The first-order valence-corrected chi connectivity index (χ1v) is 6.17. The number of aromatic nitrogens is 1. The van der Waals surface area contributed by atoms with E-state index in [1.807, 2.05) is 18.2 Å². The number of hydrogen-bond donors (Lipinski definition) is 1. The minimum Gasteiger partial charge on any atom is -0.481 e. The number of rotatable bonds is 5. The van der Waals surface area contributed by atoms with Crippen molar-refractivity contribution in [3.8, 4) is 5.88 Å². The molecular weight excluding hydrogens is 216 g/mol. The summed E-state index contributed by atoms with van der Waals surface area (Å²) in [5.41, 5.74) is 0.924. The first-order chi connectivity index (χ1) is 8.38. The van der Waals surface area contributed by atoms with E-state index in [0.29, 0.717) is 18.4 Å². The molecule has 2 rings (SSSR count). The molecule has 2 heterocycles. The summed E-state index contributed by atoms with van der Waals surface area (Å²) in [7, 11) is 1.63. The molecule has 1 aromatic rings. The largest absolute Gasteiger partial charge is 0.481 e. The molecule has 0 saturated carbocycles. The van der Waals surface area contributed by atoms with Gasteiger partial charge in [-0.15, -0.1) is 0 Å². The number of hydrogen-bond acceptors (Lipinski definition) is 4. The average molecular weight is 236 g/mol. The third-order valence-electron chi connectivity index (χ3n) is 2.99. The first-order valence-electron chi connectivity index (χ1n) is 6.17. The third kappa shape index (κ3) is 3.98. The van der Waals surface area contributed by atoms with Gasteiger partial charge in [-0.05, 0) is 31.4 Å². The smallest absolute Gasteiger partial charge is 0.213 e. The van der Waals surface area contributed by atoms with Crippen LogP contribution in [0.25, 0.3) is 0 Å². The zero-order valence-electron chi connectivity index (χ0n) is 10.3. The molecule has 1 unspecified atom stereocenters. The molecule has 1 aliphatic heterocycles. The van der Waals surface area contributed by atoms with E-state index in [-0.39, 0.29) is 0 Å². The fourth-order valence-corrected chi connectivity index (χ4v) is 2.05. The molecule has 1 fully saturated rings. The number of nitrogens with zero attached hydrogens (tertiary/aromatic N) is 1. The van der Waals surface area contributed by atoms with Crippen molar-refractivity contribution in [1.29, 1.82) is 0 Å². The summed E-state index contributed by atoms with van der Waals surface area (Å²) in [5.74, 6) is 1.29. The van der Waals surface area contributed by atoms with Crippen molar-refractivity contribution in [2.75, 3.05) is 26.8 Å². The predicted octanol–water partition coefficient (Wildman–Crippen LogP) is 1.61. The Hall–Kier alpha value is -1.13. The minimum atomic E-state index is 0.563. The molecule has 1 saturated heterocycles. The van der Waals surface area contributed by atoms with Crippen LogP contribution in [0.1, 0.15) is 18.5 Å². The first kappa shape index (κ1) is 12.3. The SMILES string of the molecule is COc1cccc(COCC2CCCNC2)n1. The quantitative estimate of drug-likeness (QED) is 0.843. The zero-order valence-corrected chi connectivity index (χ0v) is 10.3. The van der Waals surface area contributed by atoms with Gasteiger partial charge in [-0.1, -0.05) is 6.07 Å². The predicted molar refractivity (Wildman–Crippen MR) is 66.0 cm³/mol. The minimum absolute atomic E-state index is 0.563. The lowest BCUT2D eigenvalue weighted by Crippen LogP contribution is -2.32. The summed E-state index contributed by atoms with van der Waals surface area (Å²) in [6.45, 7) is 3.60. The fraction of sp³-hybridized carbons (Fsp3) is 0.615. The van der Waals surface area contributed by atoms with Gasteiger partial charge in [-0.25, -0.2) is 4.98 Å². The third-order valence-corrected chi connectivity index (χ3v) is 2.99. The van der Waals surface area contributed by atoms with Gasteiger partial charge in [0, 0.05) is 12.6 Å². The topological polar surface area (TPSA) is 43.4 Å². The summed E-state index contributed by atoms with van der Waals surface area (Å²) in [6.07, 6.45) is 2.52. The Balaban J connectivity index is 1.73. The van der Waals surface area contributed by atoms with E-state index in [1.165, 1.54) is 12.8 Å². The maximum atomic E-state index is 5.70. The molecule has 0 bridgehead atoms. The molecule has 1 atom stereocenters. The van der Waals surface area contributed by atoms with Gasteiger partial charge >= 0.3 is 0 Å².